The van der Waals surface area contributed by atoms with Gasteiger partial charge in [0.05, 0.1) is 5.69 Å². The van der Waals surface area contributed by atoms with Crippen LogP contribution in [0.1, 0.15) is 60.3 Å². The largest absolute Gasteiger partial charge is 0.381 e. The summed E-state index contributed by atoms with van der Waals surface area (Å²) in [6, 6.07) is 0. The SMILES string of the molecule is Cc1noc(C)c1CNC(=O)[C@H]1CCc2nnc(C3CCOCC3)n2CC1. The van der Waals surface area contributed by atoms with Crippen LogP contribution >= 0.6 is 0 Å². The lowest BCUT2D eigenvalue weighted by atomic mass is 9.98. The fourth-order valence-electron chi connectivity index (χ4n) is 4.10. The molecule has 0 aromatic carbocycles. The third-order valence-corrected chi connectivity index (χ3v) is 5.85. The minimum Gasteiger partial charge on any atom is -0.381 e. The number of aromatic nitrogens is 4. The fourth-order valence-corrected chi connectivity index (χ4v) is 4.10. The number of nitrogens with one attached hydrogen (secondary N) is 1. The summed E-state index contributed by atoms with van der Waals surface area (Å²) in [5.41, 5.74) is 1.80. The molecule has 0 saturated carbocycles. The van der Waals surface area contributed by atoms with Crippen molar-refractivity contribution < 1.29 is 14.1 Å². The van der Waals surface area contributed by atoms with Crippen molar-refractivity contribution in [2.75, 3.05) is 13.2 Å². The lowest BCUT2D eigenvalue weighted by Crippen LogP contribution is -2.31. The molecule has 2 aliphatic rings. The molecular weight excluding hydrogens is 346 g/mol. The van der Waals surface area contributed by atoms with E-state index in [1.54, 1.807) is 0 Å². The molecule has 146 valence electrons. The van der Waals surface area contributed by atoms with Crippen LogP contribution in [0.15, 0.2) is 4.52 Å². The van der Waals surface area contributed by atoms with Crippen molar-refractivity contribution in [2.45, 2.75) is 65.0 Å². The molecule has 0 spiro atoms. The Balaban J connectivity index is 1.38. The van der Waals surface area contributed by atoms with Crippen molar-refractivity contribution in [3.63, 3.8) is 0 Å². The van der Waals surface area contributed by atoms with E-state index in [4.69, 9.17) is 9.26 Å². The van der Waals surface area contributed by atoms with Gasteiger partial charge in [0.2, 0.25) is 5.91 Å². The first-order chi connectivity index (χ1) is 13.1. The van der Waals surface area contributed by atoms with Crippen LogP contribution in [0.25, 0.3) is 0 Å². The van der Waals surface area contributed by atoms with Gasteiger partial charge in [-0.2, -0.15) is 0 Å². The topological polar surface area (TPSA) is 95.1 Å². The first kappa shape index (κ1) is 18.2. The summed E-state index contributed by atoms with van der Waals surface area (Å²) in [6.07, 6.45) is 4.41. The zero-order chi connectivity index (χ0) is 18.8. The van der Waals surface area contributed by atoms with Gasteiger partial charge in [-0.05, 0) is 39.5 Å². The van der Waals surface area contributed by atoms with Crippen LogP contribution in [0.3, 0.4) is 0 Å². The number of hydrogen-bond acceptors (Lipinski definition) is 6. The smallest absolute Gasteiger partial charge is 0.223 e. The molecule has 2 aliphatic heterocycles. The number of carbonyl (C=O) groups is 1. The molecule has 1 saturated heterocycles. The second-order valence-corrected chi connectivity index (χ2v) is 7.56. The number of carbonyl (C=O) groups excluding carboxylic acids is 1. The van der Waals surface area contributed by atoms with E-state index >= 15 is 0 Å². The minimum atomic E-state index is -0.00490. The average Bonchev–Trinajstić information content (AvgIpc) is 3.16. The van der Waals surface area contributed by atoms with Gasteiger partial charge < -0.3 is 19.1 Å². The summed E-state index contributed by atoms with van der Waals surface area (Å²) in [7, 11) is 0. The third-order valence-electron chi connectivity index (χ3n) is 5.85. The number of ether oxygens (including phenoxy) is 1. The predicted molar refractivity (Wildman–Crippen MR) is 97.1 cm³/mol. The Morgan fingerprint density at radius 1 is 1.19 bits per heavy atom. The van der Waals surface area contributed by atoms with Gasteiger partial charge in [-0.1, -0.05) is 5.16 Å². The molecule has 1 N–H and O–H groups in total. The van der Waals surface area contributed by atoms with Crippen LogP contribution in [0.5, 0.6) is 0 Å². The Morgan fingerprint density at radius 3 is 2.74 bits per heavy atom. The molecule has 2 aromatic rings. The molecule has 1 fully saturated rings. The molecule has 27 heavy (non-hydrogen) atoms. The van der Waals surface area contributed by atoms with E-state index in [1.165, 1.54) is 0 Å². The second-order valence-electron chi connectivity index (χ2n) is 7.56. The summed E-state index contributed by atoms with van der Waals surface area (Å²) < 4.78 is 12.9. The lowest BCUT2D eigenvalue weighted by molar-refractivity contribution is -0.125. The number of rotatable bonds is 4. The number of amides is 1. The van der Waals surface area contributed by atoms with E-state index in [0.29, 0.717) is 12.5 Å². The van der Waals surface area contributed by atoms with Gasteiger partial charge in [-0.3, -0.25) is 4.79 Å². The van der Waals surface area contributed by atoms with E-state index in [0.717, 1.165) is 80.5 Å². The maximum absolute atomic E-state index is 12.7. The quantitative estimate of drug-likeness (QED) is 0.881. The molecule has 0 radical (unpaired) electrons. The molecule has 4 rings (SSSR count). The van der Waals surface area contributed by atoms with Gasteiger partial charge in [0, 0.05) is 50.1 Å². The number of hydrogen-bond donors (Lipinski definition) is 1. The Morgan fingerprint density at radius 2 is 2.00 bits per heavy atom. The summed E-state index contributed by atoms with van der Waals surface area (Å²) >= 11 is 0. The van der Waals surface area contributed by atoms with Crippen LogP contribution in [-0.4, -0.2) is 39.0 Å². The van der Waals surface area contributed by atoms with Gasteiger partial charge in [-0.25, -0.2) is 0 Å². The molecule has 0 bridgehead atoms. The van der Waals surface area contributed by atoms with Crippen LogP contribution in [0.4, 0.5) is 0 Å². The molecule has 0 unspecified atom stereocenters. The van der Waals surface area contributed by atoms with Gasteiger partial charge >= 0.3 is 0 Å². The zero-order valence-electron chi connectivity index (χ0n) is 16.0. The number of aryl methyl sites for hydroxylation is 3. The van der Waals surface area contributed by atoms with Crippen LogP contribution < -0.4 is 5.32 Å². The Labute approximate surface area is 158 Å². The van der Waals surface area contributed by atoms with E-state index in [1.807, 2.05) is 13.8 Å². The average molecular weight is 373 g/mol. The maximum atomic E-state index is 12.7. The molecule has 8 nitrogen and oxygen atoms in total. The highest BCUT2D eigenvalue weighted by Gasteiger charge is 2.28. The lowest BCUT2D eigenvalue weighted by Gasteiger charge is -2.22. The Hall–Kier alpha value is -2.22. The van der Waals surface area contributed by atoms with E-state index in [2.05, 4.69) is 25.2 Å². The van der Waals surface area contributed by atoms with Crippen molar-refractivity contribution in [3.8, 4) is 0 Å². The van der Waals surface area contributed by atoms with Crippen LogP contribution in [0.2, 0.25) is 0 Å². The molecule has 0 aliphatic carbocycles. The molecular formula is C19H27N5O3. The first-order valence-electron chi connectivity index (χ1n) is 9.82. The number of fused-ring (bicyclic) bond motifs is 1. The second kappa shape index (κ2) is 7.80. The molecule has 4 heterocycles. The van der Waals surface area contributed by atoms with Gasteiger partial charge in [0.25, 0.3) is 0 Å². The Kier molecular flexibility index (Phi) is 5.24. The zero-order valence-corrected chi connectivity index (χ0v) is 16.0. The predicted octanol–water partition coefficient (Wildman–Crippen LogP) is 2.05. The fraction of sp³-hybridized carbons (Fsp3) is 0.684. The highest BCUT2D eigenvalue weighted by molar-refractivity contribution is 5.78. The van der Waals surface area contributed by atoms with Crippen LogP contribution in [-0.2, 0) is 29.0 Å². The number of nitrogens with zero attached hydrogens (tertiary/aromatic N) is 4. The summed E-state index contributed by atoms with van der Waals surface area (Å²) in [5, 5.41) is 15.9. The molecule has 8 heteroatoms. The molecule has 1 atom stereocenters. The van der Waals surface area contributed by atoms with Gasteiger partial charge in [-0.15, -0.1) is 10.2 Å². The van der Waals surface area contributed by atoms with Crippen molar-refractivity contribution in [1.82, 2.24) is 25.2 Å². The van der Waals surface area contributed by atoms with E-state index in [9.17, 15) is 4.79 Å². The Bertz CT molecular complexity index is 787. The van der Waals surface area contributed by atoms with Crippen molar-refractivity contribution in [2.24, 2.45) is 5.92 Å². The molecule has 2 aromatic heterocycles. The maximum Gasteiger partial charge on any atom is 0.223 e. The molecule has 1 amide bonds. The van der Waals surface area contributed by atoms with Gasteiger partial charge in [0.15, 0.2) is 0 Å². The first-order valence-corrected chi connectivity index (χ1v) is 9.82. The van der Waals surface area contributed by atoms with Crippen LogP contribution in [0, 0.1) is 19.8 Å². The van der Waals surface area contributed by atoms with E-state index in [-0.39, 0.29) is 11.8 Å². The highest BCUT2D eigenvalue weighted by atomic mass is 16.5. The summed E-state index contributed by atoms with van der Waals surface area (Å²) in [6.45, 7) is 6.62. The highest BCUT2D eigenvalue weighted by Crippen LogP contribution is 2.29. The summed E-state index contributed by atoms with van der Waals surface area (Å²) in [4.78, 5) is 12.7. The third kappa shape index (κ3) is 3.76. The van der Waals surface area contributed by atoms with Crippen molar-refractivity contribution in [1.29, 1.82) is 0 Å². The summed E-state index contributed by atoms with van der Waals surface area (Å²) in [5.74, 6) is 3.37. The van der Waals surface area contributed by atoms with E-state index < -0.39 is 0 Å². The standard InChI is InChI=1S/C19H27N5O3/c1-12-16(13(2)27-23-12)11-20-19(25)15-3-4-17-21-22-18(24(17)8-5-15)14-6-9-26-10-7-14/h14-15H,3-11H2,1-2H3,(H,20,25)/t15-/m0/s1. The van der Waals surface area contributed by atoms with Crippen molar-refractivity contribution >= 4 is 5.91 Å². The monoisotopic (exact) mass is 373 g/mol. The van der Waals surface area contributed by atoms with Crippen molar-refractivity contribution in [3.05, 3.63) is 28.7 Å². The minimum absolute atomic E-state index is 0.00490. The normalized spacial score (nSPS) is 20.9. The van der Waals surface area contributed by atoms with Gasteiger partial charge in [0.1, 0.15) is 17.4 Å².